The van der Waals surface area contributed by atoms with Crippen LogP contribution in [-0.2, 0) is 9.53 Å². The molecule has 3 aromatic rings. The lowest BCUT2D eigenvalue weighted by molar-refractivity contribution is -0.173. The van der Waals surface area contributed by atoms with E-state index in [-0.39, 0.29) is 36.9 Å². The van der Waals surface area contributed by atoms with Crippen LogP contribution in [0.2, 0.25) is 0 Å². The summed E-state index contributed by atoms with van der Waals surface area (Å²) in [7, 11) is 0. The van der Waals surface area contributed by atoms with E-state index in [9.17, 15) is 23.9 Å². The zero-order valence-electron chi connectivity index (χ0n) is 18.4. The van der Waals surface area contributed by atoms with Gasteiger partial charge in [-0.3, -0.25) is 10.1 Å². The van der Waals surface area contributed by atoms with Crippen molar-refractivity contribution in [2.75, 3.05) is 25.0 Å². The number of hydrogen-bond donors (Lipinski definition) is 3. The van der Waals surface area contributed by atoms with Gasteiger partial charge in [-0.1, -0.05) is 48.5 Å². The third kappa shape index (κ3) is 4.00. The number of nitrogens with one attached hydrogen (secondary N) is 1. The van der Waals surface area contributed by atoms with E-state index in [0.717, 1.165) is 33.2 Å². The third-order valence-electron chi connectivity index (χ3n) is 6.39. The second-order valence-corrected chi connectivity index (χ2v) is 8.64. The van der Waals surface area contributed by atoms with E-state index >= 15 is 0 Å². The van der Waals surface area contributed by atoms with Gasteiger partial charge in [-0.2, -0.15) is 0 Å². The van der Waals surface area contributed by atoms with Crippen molar-refractivity contribution in [1.82, 2.24) is 4.90 Å². The van der Waals surface area contributed by atoms with Gasteiger partial charge in [0.2, 0.25) is 0 Å². The van der Waals surface area contributed by atoms with Gasteiger partial charge in [0.15, 0.2) is 5.60 Å². The summed E-state index contributed by atoms with van der Waals surface area (Å²) in [5, 5.41) is 21.1. The number of nitrogens with zero attached hydrogens (tertiary/aromatic N) is 1. The van der Waals surface area contributed by atoms with E-state index in [1.807, 2.05) is 48.5 Å². The molecule has 9 heteroatoms. The molecule has 0 aromatic heterocycles. The lowest BCUT2D eigenvalue weighted by Crippen LogP contribution is -2.67. The van der Waals surface area contributed by atoms with Crippen LogP contribution in [0.1, 0.15) is 27.4 Å². The number of halogens is 1. The predicted octanol–water partition coefficient (Wildman–Crippen LogP) is 3.46. The Balaban J connectivity index is 1.22. The average molecular weight is 476 g/mol. The van der Waals surface area contributed by atoms with Gasteiger partial charge in [0.25, 0.3) is 5.91 Å². The van der Waals surface area contributed by atoms with Crippen LogP contribution in [0, 0.1) is 5.82 Å². The van der Waals surface area contributed by atoms with Gasteiger partial charge in [0.05, 0.1) is 18.8 Å². The summed E-state index contributed by atoms with van der Waals surface area (Å²) in [4.78, 5) is 36.9. The number of amides is 2. The van der Waals surface area contributed by atoms with Gasteiger partial charge < -0.3 is 19.8 Å². The fraction of sp³-hybridized carbons (Fsp3) is 0.192. The molecule has 0 bridgehead atoms. The molecule has 5 rings (SSSR count). The summed E-state index contributed by atoms with van der Waals surface area (Å²) in [6.45, 7) is -0.704. The Morgan fingerprint density at radius 1 is 1.00 bits per heavy atom. The van der Waals surface area contributed by atoms with Crippen molar-refractivity contribution in [1.29, 1.82) is 0 Å². The lowest BCUT2D eigenvalue weighted by Gasteiger charge is -2.43. The summed E-state index contributed by atoms with van der Waals surface area (Å²) >= 11 is 0. The molecule has 1 saturated heterocycles. The molecule has 1 heterocycles. The number of fused-ring (bicyclic) bond motifs is 3. The first kappa shape index (κ1) is 22.5. The van der Waals surface area contributed by atoms with Crippen LogP contribution in [-0.4, -0.2) is 58.4 Å². The molecule has 3 aromatic carbocycles. The first-order valence-corrected chi connectivity index (χ1v) is 10.9. The summed E-state index contributed by atoms with van der Waals surface area (Å²) in [5.41, 5.74) is 2.10. The Morgan fingerprint density at radius 3 is 2.17 bits per heavy atom. The fourth-order valence-electron chi connectivity index (χ4n) is 4.54. The number of carbonyl (C=O) groups excluding carboxylic acids is 2. The minimum absolute atomic E-state index is 0.0342. The zero-order valence-corrected chi connectivity index (χ0v) is 18.4. The number of β-amino-alcohol motifs (C(OH)–C–C–N with tert-alkyl or cyclic N) is 1. The molecule has 0 radical (unpaired) electrons. The normalized spacial score (nSPS) is 15.5. The molecule has 1 fully saturated rings. The maximum atomic E-state index is 14.6. The van der Waals surface area contributed by atoms with Gasteiger partial charge in [0.1, 0.15) is 12.4 Å². The van der Waals surface area contributed by atoms with E-state index in [1.165, 1.54) is 12.1 Å². The Morgan fingerprint density at radius 2 is 1.60 bits per heavy atom. The molecule has 0 saturated carbocycles. The van der Waals surface area contributed by atoms with Crippen molar-refractivity contribution in [3.63, 3.8) is 0 Å². The topological polar surface area (TPSA) is 116 Å². The minimum Gasteiger partial charge on any atom is -0.479 e. The number of carboxylic acids is 1. The van der Waals surface area contributed by atoms with Crippen LogP contribution in [0.5, 0.6) is 0 Å². The maximum Gasteiger partial charge on any atom is 0.411 e. The monoisotopic (exact) mass is 476 g/mol. The molecule has 0 unspecified atom stereocenters. The van der Waals surface area contributed by atoms with Gasteiger partial charge in [0, 0.05) is 11.5 Å². The van der Waals surface area contributed by atoms with Crippen molar-refractivity contribution < 1.29 is 33.7 Å². The average Bonchev–Trinajstić information content (AvgIpc) is 3.15. The fourth-order valence-corrected chi connectivity index (χ4v) is 4.54. The summed E-state index contributed by atoms with van der Waals surface area (Å²) in [6.07, 6.45) is -0.834. The van der Waals surface area contributed by atoms with Crippen molar-refractivity contribution in [3.05, 3.63) is 89.2 Å². The molecular formula is C26H21FN2O6. The second-order valence-electron chi connectivity index (χ2n) is 8.64. The Bertz CT molecular complexity index is 1310. The van der Waals surface area contributed by atoms with E-state index < -0.39 is 29.4 Å². The zero-order chi connectivity index (χ0) is 24.7. The highest BCUT2D eigenvalue weighted by Gasteiger charge is 2.50. The highest BCUT2D eigenvalue weighted by atomic mass is 19.1. The molecule has 3 N–H and O–H groups in total. The van der Waals surface area contributed by atoms with Crippen LogP contribution < -0.4 is 5.32 Å². The number of carboxylic acid groups (broad SMARTS) is 1. The van der Waals surface area contributed by atoms with Crippen molar-refractivity contribution in [2.24, 2.45) is 0 Å². The van der Waals surface area contributed by atoms with Crippen LogP contribution >= 0.6 is 0 Å². The van der Waals surface area contributed by atoms with Crippen LogP contribution in [0.3, 0.4) is 0 Å². The first-order chi connectivity index (χ1) is 16.8. The van der Waals surface area contributed by atoms with Crippen molar-refractivity contribution in [3.8, 4) is 11.1 Å². The van der Waals surface area contributed by atoms with E-state index in [0.29, 0.717) is 0 Å². The van der Waals surface area contributed by atoms with Crippen LogP contribution in [0.25, 0.3) is 11.1 Å². The van der Waals surface area contributed by atoms with E-state index in [4.69, 9.17) is 9.84 Å². The molecule has 35 heavy (non-hydrogen) atoms. The maximum absolute atomic E-state index is 14.6. The number of anilines is 1. The lowest BCUT2D eigenvalue weighted by atomic mass is 9.93. The van der Waals surface area contributed by atoms with Gasteiger partial charge in [-0.15, -0.1) is 0 Å². The molecule has 1 aliphatic carbocycles. The predicted molar refractivity (Wildman–Crippen MR) is 124 cm³/mol. The molecule has 0 atom stereocenters. The van der Waals surface area contributed by atoms with E-state index in [1.54, 1.807) is 0 Å². The minimum atomic E-state index is -1.99. The number of ether oxygens (including phenoxy) is 1. The van der Waals surface area contributed by atoms with Gasteiger partial charge in [-0.05, 0) is 40.5 Å². The van der Waals surface area contributed by atoms with Crippen LogP contribution in [0.15, 0.2) is 66.7 Å². The van der Waals surface area contributed by atoms with Gasteiger partial charge in [-0.25, -0.2) is 14.0 Å². The highest BCUT2D eigenvalue weighted by molar-refractivity contribution is 5.97. The smallest absolute Gasteiger partial charge is 0.411 e. The number of aliphatic hydroxyl groups is 1. The number of hydrogen-bond acceptors (Lipinski definition) is 5. The Kier molecular flexibility index (Phi) is 5.49. The Labute approximate surface area is 199 Å². The number of aliphatic carboxylic acids is 1. The quantitative estimate of drug-likeness (QED) is 0.520. The standard InChI is InChI=1S/C26H21FN2O6/c27-21-11-15(23(30)29-13-26(34,14-29)24(31)32)9-10-22(21)28-25(33)35-12-20-18-7-3-1-5-16(18)17-6-2-4-8-19(17)20/h1-11,20,34H,12-14H2,(H,28,33)(H,31,32). The molecular weight excluding hydrogens is 455 g/mol. The Hall–Kier alpha value is -4.24. The molecule has 8 nitrogen and oxygen atoms in total. The third-order valence-corrected chi connectivity index (χ3v) is 6.39. The first-order valence-electron chi connectivity index (χ1n) is 10.9. The summed E-state index contributed by atoms with van der Waals surface area (Å²) < 4.78 is 20.0. The molecule has 178 valence electrons. The SMILES string of the molecule is O=C(Nc1ccc(C(=O)N2CC(O)(C(=O)O)C2)cc1F)OCC1c2ccccc2-c2ccccc21. The van der Waals surface area contributed by atoms with Gasteiger partial charge >= 0.3 is 12.1 Å². The summed E-state index contributed by atoms with van der Waals surface area (Å²) in [6, 6.07) is 19.3. The number of benzene rings is 3. The second kappa shape index (κ2) is 8.52. The van der Waals surface area contributed by atoms with E-state index in [2.05, 4.69) is 5.32 Å². The molecule has 2 aliphatic rings. The number of carbonyl (C=O) groups is 3. The van der Waals surface area contributed by atoms with Crippen LogP contribution in [0.4, 0.5) is 14.9 Å². The highest BCUT2D eigenvalue weighted by Crippen LogP contribution is 2.44. The molecule has 2 amide bonds. The number of rotatable bonds is 5. The van der Waals surface area contributed by atoms with Crippen molar-refractivity contribution >= 4 is 23.7 Å². The number of likely N-dealkylation sites (tertiary alicyclic amines) is 1. The van der Waals surface area contributed by atoms with Crippen molar-refractivity contribution in [2.45, 2.75) is 11.5 Å². The largest absolute Gasteiger partial charge is 0.479 e. The molecule has 0 spiro atoms. The molecule has 1 aliphatic heterocycles. The summed E-state index contributed by atoms with van der Waals surface area (Å²) in [5.74, 6) is -3.03.